The molecule has 3 heteroatoms. The summed E-state index contributed by atoms with van der Waals surface area (Å²) in [6.07, 6.45) is 1.08. The van der Waals surface area contributed by atoms with Crippen molar-refractivity contribution in [2.45, 2.75) is 38.8 Å². The average Bonchev–Trinajstić information content (AvgIpc) is 2.47. The molecule has 0 N–H and O–H groups in total. The molecule has 2 atom stereocenters. The van der Waals surface area contributed by atoms with E-state index >= 15 is 0 Å². The summed E-state index contributed by atoms with van der Waals surface area (Å²) in [5.41, 5.74) is 1.14. The van der Waals surface area contributed by atoms with Crippen molar-refractivity contribution in [1.29, 1.82) is 0 Å². The van der Waals surface area contributed by atoms with E-state index in [2.05, 4.69) is 6.07 Å². The molecule has 0 unspecified atom stereocenters. The van der Waals surface area contributed by atoms with E-state index < -0.39 is 0 Å². The molecule has 76 valence electrons. The van der Waals surface area contributed by atoms with Crippen molar-refractivity contribution in [3.8, 4) is 0 Å². The molecule has 0 spiro atoms. The summed E-state index contributed by atoms with van der Waals surface area (Å²) in [7, 11) is 0. The minimum atomic E-state index is -0.0985. The molecule has 1 heterocycles. The zero-order chi connectivity index (χ0) is 9.97. The second-order valence-electron chi connectivity index (χ2n) is 3.70. The molecular formula is C12H15LiO2. The fourth-order valence-electron chi connectivity index (χ4n) is 1.57. The van der Waals surface area contributed by atoms with Gasteiger partial charge in [-0.3, -0.25) is 0 Å². The van der Waals surface area contributed by atoms with Crippen LogP contribution in [0.15, 0.2) is 24.3 Å². The molecule has 0 aliphatic carbocycles. The molecule has 0 bridgehead atoms. The number of ether oxygens (including phenoxy) is 2. The van der Waals surface area contributed by atoms with Gasteiger partial charge in [-0.05, 0) is 13.8 Å². The molecule has 15 heavy (non-hydrogen) atoms. The SMILES string of the molecule is C[C@H]1OC(Cc2[c-]cccc2)O[C@@H]1C.[Li+]. The van der Waals surface area contributed by atoms with Crippen molar-refractivity contribution in [3.63, 3.8) is 0 Å². The topological polar surface area (TPSA) is 18.5 Å². The standard InChI is InChI=1S/C12H15O2.Li/c1-9-10(2)14-12(13-9)8-11-6-4-3-5-7-11;/h3-6,9-10,12H,8H2,1-2H3;/q-1;+1/t9-,10-;/m1./s1. The van der Waals surface area contributed by atoms with Crippen molar-refractivity contribution in [2.75, 3.05) is 0 Å². The number of hydrogen-bond donors (Lipinski definition) is 0. The second kappa shape index (κ2) is 5.72. The van der Waals surface area contributed by atoms with Crippen LogP contribution in [-0.2, 0) is 15.9 Å². The van der Waals surface area contributed by atoms with Gasteiger partial charge in [0.05, 0.1) is 12.2 Å². The van der Waals surface area contributed by atoms with Crippen LogP contribution in [-0.4, -0.2) is 18.5 Å². The van der Waals surface area contributed by atoms with Gasteiger partial charge in [-0.1, -0.05) is 0 Å². The van der Waals surface area contributed by atoms with Crippen LogP contribution in [0.4, 0.5) is 0 Å². The number of rotatable bonds is 2. The molecule has 0 saturated carbocycles. The van der Waals surface area contributed by atoms with Gasteiger partial charge in [0, 0.05) is 6.42 Å². The zero-order valence-corrected chi connectivity index (χ0v) is 9.57. The minimum Gasteiger partial charge on any atom is -0.347 e. The van der Waals surface area contributed by atoms with Crippen LogP contribution in [0.25, 0.3) is 0 Å². The first kappa shape index (κ1) is 12.8. The van der Waals surface area contributed by atoms with E-state index in [1.807, 2.05) is 38.1 Å². The first-order valence-corrected chi connectivity index (χ1v) is 5.02. The van der Waals surface area contributed by atoms with Crippen LogP contribution in [0.2, 0.25) is 0 Å². The van der Waals surface area contributed by atoms with E-state index in [0.29, 0.717) is 0 Å². The van der Waals surface area contributed by atoms with Crippen molar-refractivity contribution in [2.24, 2.45) is 0 Å². The summed E-state index contributed by atoms with van der Waals surface area (Å²) < 4.78 is 11.3. The largest absolute Gasteiger partial charge is 1.00 e. The molecule has 2 nitrogen and oxygen atoms in total. The molecule has 0 radical (unpaired) electrons. The van der Waals surface area contributed by atoms with Crippen LogP contribution >= 0.6 is 0 Å². The molecule has 1 aromatic carbocycles. The smallest absolute Gasteiger partial charge is 0.347 e. The quantitative estimate of drug-likeness (QED) is 0.457. The van der Waals surface area contributed by atoms with Gasteiger partial charge in [0.15, 0.2) is 6.29 Å². The van der Waals surface area contributed by atoms with E-state index in [9.17, 15) is 0 Å². The molecule has 0 amide bonds. The summed E-state index contributed by atoms with van der Waals surface area (Å²) in [6, 6.07) is 11.1. The van der Waals surface area contributed by atoms with Crippen LogP contribution in [0.1, 0.15) is 19.4 Å². The van der Waals surface area contributed by atoms with Gasteiger partial charge in [0.2, 0.25) is 0 Å². The first-order chi connectivity index (χ1) is 6.75. The maximum Gasteiger partial charge on any atom is 1.00 e. The van der Waals surface area contributed by atoms with E-state index in [0.717, 1.165) is 12.0 Å². The Morgan fingerprint density at radius 1 is 1.20 bits per heavy atom. The first-order valence-electron chi connectivity index (χ1n) is 5.02. The van der Waals surface area contributed by atoms with Gasteiger partial charge in [0.1, 0.15) is 0 Å². The van der Waals surface area contributed by atoms with Crippen LogP contribution < -0.4 is 18.9 Å². The Morgan fingerprint density at radius 2 is 1.87 bits per heavy atom. The van der Waals surface area contributed by atoms with E-state index in [1.165, 1.54) is 0 Å². The summed E-state index contributed by atoms with van der Waals surface area (Å²) in [5, 5.41) is 0. The monoisotopic (exact) mass is 198 g/mol. The molecule has 1 saturated heterocycles. The Hall–Kier alpha value is -0.263. The number of hydrogen-bond acceptors (Lipinski definition) is 2. The van der Waals surface area contributed by atoms with Crippen LogP contribution in [0.3, 0.4) is 0 Å². The van der Waals surface area contributed by atoms with E-state index in [-0.39, 0.29) is 37.4 Å². The third-order valence-electron chi connectivity index (χ3n) is 2.55. The maximum atomic E-state index is 5.64. The van der Waals surface area contributed by atoms with Gasteiger partial charge in [-0.15, -0.1) is 0 Å². The minimum absolute atomic E-state index is 0. The van der Waals surface area contributed by atoms with Crippen molar-refractivity contribution in [3.05, 3.63) is 35.9 Å². The molecule has 1 fully saturated rings. The molecule has 1 aromatic rings. The predicted octanol–water partition coefficient (Wildman–Crippen LogP) is -0.817. The maximum absolute atomic E-state index is 5.64. The fourth-order valence-corrected chi connectivity index (χ4v) is 1.57. The molecule has 1 aliphatic heterocycles. The molecule has 1 aliphatic rings. The third-order valence-corrected chi connectivity index (χ3v) is 2.55. The Bertz CT molecular complexity index is 279. The Balaban J connectivity index is 0.00000112. The van der Waals surface area contributed by atoms with Crippen molar-refractivity contribution < 1.29 is 28.3 Å². The number of benzene rings is 1. The summed E-state index contributed by atoms with van der Waals surface area (Å²) >= 11 is 0. The average molecular weight is 198 g/mol. The van der Waals surface area contributed by atoms with Gasteiger partial charge in [0.25, 0.3) is 0 Å². The van der Waals surface area contributed by atoms with Crippen molar-refractivity contribution >= 4 is 0 Å². The summed E-state index contributed by atoms with van der Waals surface area (Å²) in [6.45, 7) is 4.08. The van der Waals surface area contributed by atoms with Gasteiger partial charge in [-0.25, -0.2) is 0 Å². The summed E-state index contributed by atoms with van der Waals surface area (Å²) in [4.78, 5) is 0. The predicted molar refractivity (Wildman–Crippen MR) is 53.9 cm³/mol. The molecular weight excluding hydrogens is 183 g/mol. The van der Waals surface area contributed by atoms with Crippen molar-refractivity contribution in [1.82, 2.24) is 0 Å². The van der Waals surface area contributed by atoms with E-state index in [1.54, 1.807) is 0 Å². The Labute approximate surface area is 103 Å². The van der Waals surface area contributed by atoms with Crippen LogP contribution in [0, 0.1) is 6.07 Å². The Kier molecular flexibility index (Phi) is 4.88. The van der Waals surface area contributed by atoms with Crippen LogP contribution in [0.5, 0.6) is 0 Å². The Morgan fingerprint density at radius 3 is 2.40 bits per heavy atom. The molecule has 0 aromatic heterocycles. The molecule has 2 rings (SSSR count). The van der Waals surface area contributed by atoms with Gasteiger partial charge in [-0.2, -0.15) is 35.9 Å². The zero-order valence-electron chi connectivity index (χ0n) is 9.57. The van der Waals surface area contributed by atoms with Gasteiger partial charge >= 0.3 is 18.9 Å². The second-order valence-corrected chi connectivity index (χ2v) is 3.70. The van der Waals surface area contributed by atoms with Gasteiger partial charge < -0.3 is 9.47 Å². The normalized spacial score (nSPS) is 26.3. The summed E-state index contributed by atoms with van der Waals surface area (Å²) in [5.74, 6) is 0. The third kappa shape index (κ3) is 3.36. The fraction of sp³-hybridized carbons (Fsp3) is 0.500. The van der Waals surface area contributed by atoms with E-state index in [4.69, 9.17) is 9.47 Å².